The maximum atomic E-state index is 12.8. The Morgan fingerprint density at radius 3 is 2.54 bits per heavy atom. The van der Waals surface area contributed by atoms with Crippen LogP contribution in [0.3, 0.4) is 0 Å². The fraction of sp³-hybridized carbons (Fsp3) is 0.529. The molecule has 1 atom stereocenters. The Bertz CT molecular complexity index is 762. The minimum atomic E-state index is -3.78. The number of carbonyl (C=O) groups is 2. The molecule has 0 radical (unpaired) electrons. The summed E-state index contributed by atoms with van der Waals surface area (Å²) in [6.07, 6.45) is 4.65. The van der Waals surface area contributed by atoms with Crippen LogP contribution in [0, 0.1) is 0 Å². The molecular formula is C17H23FN2O5S. The van der Waals surface area contributed by atoms with Crippen LogP contribution >= 0.6 is 0 Å². The minimum Gasteiger partial charge on any atom is -0.480 e. The van der Waals surface area contributed by atoms with Crippen molar-refractivity contribution >= 4 is 21.9 Å². The highest BCUT2D eigenvalue weighted by Gasteiger charge is 2.29. The summed E-state index contributed by atoms with van der Waals surface area (Å²) in [7, 11) is -2.25. The first-order chi connectivity index (χ1) is 12.3. The number of carboxylic acid groups (broad SMARTS) is 1. The molecule has 2 rings (SSSR count). The van der Waals surface area contributed by atoms with Crippen molar-refractivity contribution in [1.82, 2.24) is 9.62 Å². The third kappa shape index (κ3) is 4.59. The average molecular weight is 386 g/mol. The van der Waals surface area contributed by atoms with Crippen molar-refractivity contribution in [1.29, 1.82) is 0 Å². The summed E-state index contributed by atoms with van der Waals surface area (Å²) in [5.41, 5.74) is -0.0391. The van der Waals surface area contributed by atoms with E-state index in [9.17, 15) is 22.4 Å². The molecule has 26 heavy (non-hydrogen) atoms. The maximum Gasteiger partial charge on any atom is 0.328 e. The first-order valence-electron chi connectivity index (χ1n) is 8.45. The number of hydrogen-bond acceptors (Lipinski definition) is 4. The van der Waals surface area contributed by atoms with E-state index in [4.69, 9.17) is 5.11 Å². The fourth-order valence-corrected chi connectivity index (χ4v) is 4.48. The highest BCUT2D eigenvalue weighted by molar-refractivity contribution is 7.89. The number of halogens is 1. The lowest BCUT2D eigenvalue weighted by molar-refractivity contribution is -0.139. The summed E-state index contributed by atoms with van der Waals surface area (Å²) in [4.78, 5) is 22.9. The molecule has 2 N–H and O–H groups in total. The summed E-state index contributed by atoms with van der Waals surface area (Å²) >= 11 is 0. The molecule has 0 saturated heterocycles. The molecule has 0 heterocycles. The van der Waals surface area contributed by atoms with Gasteiger partial charge in [0.15, 0.2) is 6.04 Å². The van der Waals surface area contributed by atoms with E-state index >= 15 is 0 Å². The summed E-state index contributed by atoms with van der Waals surface area (Å²) in [6, 6.07) is 3.58. The third-order valence-electron chi connectivity index (χ3n) is 4.62. The molecule has 7 nitrogen and oxygen atoms in total. The molecular weight excluding hydrogens is 363 g/mol. The lowest BCUT2D eigenvalue weighted by Crippen LogP contribution is -2.42. The molecule has 1 unspecified atom stereocenters. The molecule has 1 fully saturated rings. The van der Waals surface area contributed by atoms with E-state index in [1.165, 1.54) is 35.6 Å². The Morgan fingerprint density at radius 1 is 1.31 bits per heavy atom. The van der Waals surface area contributed by atoms with Gasteiger partial charge >= 0.3 is 5.97 Å². The van der Waals surface area contributed by atoms with Crippen LogP contribution in [-0.2, 0) is 14.8 Å². The van der Waals surface area contributed by atoms with Gasteiger partial charge in [0.2, 0.25) is 10.0 Å². The first-order valence-corrected chi connectivity index (χ1v) is 9.89. The van der Waals surface area contributed by atoms with Gasteiger partial charge in [-0.15, -0.1) is 0 Å². The molecule has 144 valence electrons. The summed E-state index contributed by atoms with van der Waals surface area (Å²) < 4.78 is 39.7. The van der Waals surface area contributed by atoms with Crippen molar-refractivity contribution in [2.45, 2.75) is 49.1 Å². The quantitative estimate of drug-likeness (QED) is 0.744. The fourth-order valence-electron chi connectivity index (χ4n) is 3.01. The van der Waals surface area contributed by atoms with Crippen molar-refractivity contribution in [3.8, 4) is 0 Å². The zero-order valence-electron chi connectivity index (χ0n) is 14.5. The molecule has 1 aromatic carbocycles. The van der Waals surface area contributed by atoms with Gasteiger partial charge in [-0.3, -0.25) is 4.79 Å². The topological polar surface area (TPSA) is 104 Å². The monoisotopic (exact) mass is 386 g/mol. The van der Waals surface area contributed by atoms with E-state index in [0.717, 1.165) is 32.1 Å². The number of carbonyl (C=O) groups excluding carboxylic acids is 1. The Labute approximate surface area is 152 Å². The molecule has 0 bridgehead atoms. The molecule has 9 heteroatoms. The highest BCUT2D eigenvalue weighted by atomic mass is 32.2. The normalized spacial score (nSPS) is 17.0. The number of carboxylic acids is 1. The molecule has 1 saturated carbocycles. The van der Waals surface area contributed by atoms with Crippen molar-refractivity contribution in [3.05, 3.63) is 29.8 Å². The van der Waals surface area contributed by atoms with Gasteiger partial charge in [0.1, 0.15) is 6.67 Å². The van der Waals surface area contributed by atoms with Gasteiger partial charge in [0.25, 0.3) is 5.91 Å². The van der Waals surface area contributed by atoms with Crippen LogP contribution < -0.4 is 5.32 Å². The van der Waals surface area contributed by atoms with Gasteiger partial charge in [-0.25, -0.2) is 17.6 Å². The molecule has 1 aromatic rings. The van der Waals surface area contributed by atoms with Crippen LogP contribution in [0.25, 0.3) is 0 Å². The van der Waals surface area contributed by atoms with Crippen LogP contribution in [-0.4, -0.2) is 55.5 Å². The van der Waals surface area contributed by atoms with Crippen molar-refractivity contribution in [3.63, 3.8) is 0 Å². The number of rotatable bonds is 7. The second-order valence-electron chi connectivity index (χ2n) is 6.36. The van der Waals surface area contributed by atoms with Crippen LogP contribution in [0.15, 0.2) is 29.2 Å². The van der Waals surface area contributed by atoms with Crippen LogP contribution in [0.1, 0.15) is 42.5 Å². The van der Waals surface area contributed by atoms with E-state index in [0.29, 0.717) is 0 Å². The third-order valence-corrected chi connectivity index (χ3v) is 6.53. The second-order valence-corrected chi connectivity index (χ2v) is 8.36. The molecule has 1 aliphatic carbocycles. The standard InChI is InChI=1S/C17H23FN2O5S/c1-20(13-7-3-2-4-8-13)26(24,25)14-9-5-6-12(10-14)16(21)19-15(11-18)17(22)23/h5-6,9-10,13,15H,2-4,7-8,11H2,1H3,(H,19,21)(H,22,23). The summed E-state index contributed by atoms with van der Waals surface area (Å²) in [5.74, 6) is -2.34. The van der Waals surface area contributed by atoms with Gasteiger partial charge in [-0.1, -0.05) is 25.3 Å². The highest BCUT2D eigenvalue weighted by Crippen LogP contribution is 2.26. The number of benzene rings is 1. The predicted molar refractivity (Wildman–Crippen MR) is 93.1 cm³/mol. The van der Waals surface area contributed by atoms with Crippen LogP contribution in [0.2, 0.25) is 0 Å². The van der Waals surface area contributed by atoms with Crippen LogP contribution in [0.5, 0.6) is 0 Å². The van der Waals surface area contributed by atoms with E-state index in [-0.39, 0.29) is 16.5 Å². The molecule has 0 aromatic heterocycles. The Kier molecular flexibility index (Phi) is 6.71. The average Bonchev–Trinajstić information content (AvgIpc) is 2.65. The summed E-state index contributed by atoms with van der Waals surface area (Å²) in [6.45, 7) is -1.26. The van der Waals surface area contributed by atoms with Crippen molar-refractivity contribution in [2.75, 3.05) is 13.7 Å². The second kappa shape index (κ2) is 8.59. The minimum absolute atomic E-state index is 0.0391. The van der Waals surface area contributed by atoms with Gasteiger partial charge in [0.05, 0.1) is 4.90 Å². The molecule has 1 aliphatic rings. The van der Waals surface area contributed by atoms with Crippen LogP contribution in [0.4, 0.5) is 4.39 Å². The lowest BCUT2D eigenvalue weighted by Gasteiger charge is -2.30. The number of amides is 1. The van der Waals surface area contributed by atoms with Gasteiger partial charge in [-0.05, 0) is 31.0 Å². The first kappa shape index (κ1) is 20.3. The number of alkyl halides is 1. The van der Waals surface area contributed by atoms with E-state index in [2.05, 4.69) is 0 Å². The number of hydrogen-bond donors (Lipinski definition) is 2. The Hall–Kier alpha value is -2.00. The smallest absolute Gasteiger partial charge is 0.328 e. The van der Waals surface area contributed by atoms with E-state index in [1.807, 2.05) is 5.32 Å². The number of nitrogens with zero attached hydrogens (tertiary/aromatic N) is 1. The SMILES string of the molecule is CN(C1CCCCC1)S(=O)(=O)c1cccc(C(=O)NC(CF)C(=O)O)c1. The Balaban J connectivity index is 2.21. The van der Waals surface area contributed by atoms with Gasteiger partial charge in [0, 0.05) is 18.7 Å². The van der Waals surface area contributed by atoms with E-state index in [1.54, 1.807) is 0 Å². The van der Waals surface area contributed by atoms with Gasteiger partial charge in [-0.2, -0.15) is 4.31 Å². The van der Waals surface area contributed by atoms with E-state index < -0.39 is 34.6 Å². The lowest BCUT2D eigenvalue weighted by atomic mass is 9.96. The number of aliphatic carboxylic acids is 1. The van der Waals surface area contributed by atoms with Gasteiger partial charge < -0.3 is 10.4 Å². The summed E-state index contributed by atoms with van der Waals surface area (Å²) in [5, 5.41) is 10.8. The maximum absolute atomic E-state index is 12.8. The van der Waals surface area contributed by atoms with Crippen molar-refractivity contribution in [2.24, 2.45) is 0 Å². The molecule has 1 amide bonds. The molecule has 0 aliphatic heterocycles. The van der Waals surface area contributed by atoms with Crippen molar-refractivity contribution < 1.29 is 27.5 Å². The zero-order chi connectivity index (χ0) is 19.3. The predicted octanol–water partition coefficient (Wildman–Crippen LogP) is 1.79. The molecule has 0 spiro atoms. The largest absolute Gasteiger partial charge is 0.480 e. The Morgan fingerprint density at radius 2 is 1.96 bits per heavy atom. The number of sulfonamides is 1. The zero-order valence-corrected chi connectivity index (χ0v) is 15.3. The number of nitrogens with one attached hydrogen (secondary N) is 1.